The van der Waals surface area contributed by atoms with Crippen LogP contribution in [0.5, 0.6) is 0 Å². The second kappa shape index (κ2) is 5.73. The van der Waals surface area contributed by atoms with Crippen molar-refractivity contribution in [2.45, 2.75) is 11.4 Å². The molecule has 4 nitrogen and oxygen atoms in total. The lowest BCUT2D eigenvalue weighted by Crippen LogP contribution is -2.13. The van der Waals surface area contributed by atoms with Crippen LogP contribution in [0.25, 0.3) is 0 Å². The molecule has 0 bridgehead atoms. The van der Waals surface area contributed by atoms with E-state index in [1.165, 1.54) is 0 Å². The van der Waals surface area contributed by atoms with Crippen molar-refractivity contribution in [3.63, 3.8) is 0 Å². The van der Waals surface area contributed by atoms with E-state index in [1.807, 2.05) is 0 Å². The van der Waals surface area contributed by atoms with Gasteiger partial charge in [0.05, 0.1) is 10.6 Å². The molecule has 6 heteroatoms. The summed E-state index contributed by atoms with van der Waals surface area (Å²) in [5.74, 6) is 0. The number of hydrogen-bond acceptors (Lipinski definition) is 3. The van der Waals surface area contributed by atoms with Crippen LogP contribution in [0.1, 0.15) is 5.56 Å². The van der Waals surface area contributed by atoms with Crippen molar-refractivity contribution in [1.29, 1.82) is 0 Å². The van der Waals surface area contributed by atoms with Crippen LogP contribution in [0.15, 0.2) is 57.9 Å². The Balaban J connectivity index is 2.31. The summed E-state index contributed by atoms with van der Waals surface area (Å²) in [4.78, 5) is 0.227. The second-order valence-electron chi connectivity index (χ2n) is 3.94. The molecule has 0 spiro atoms. The van der Waals surface area contributed by atoms with E-state index >= 15 is 0 Å². The molecule has 2 rings (SSSR count). The van der Waals surface area contributed by atoms with Gasteiger partial charge in [0, 0.05) is 11.0 Å². The fraction of sp³-hybridized carbons (Fsp3) is 0.0769. The Morgan fingerprint density at radius 3 is 2.37 bits per heavy atom. The maximum atomic E-state index is 12.2. The molecule has 100 valence electrons. The van der Waals surface area contributed by atoms with Gasteiger partial charge in [-0.25, -0.2) is 8.42 Å². The molecule has 0 heterocycles. The Morgan fingerprint density at radius 2 is 1.79 bits per heavy atom. The quantitative estimate of drug-likeness (QED) is 0.898. The maximum absolute atomic E-state index is 12.2. The molecule has 0 aliphatic carbocycles. The lowest BCUT2D eigenvalue weighted by atomic mass is 10.2. The molecule has 2 aromatic rings. The van der Waals surface area contributed by atoms with Gasteiger partial charge in [0.2, 0.25) is 0 Å². The SMILES string of the molecule is NCc1ccc(NS(=O)(=O)c2ccccc2)c(Br)c1. The number of hydrogen-bond donors (Lipinski definition) is 2. The van der Waals surface area contributed by atoms with Gasteiger partial charge in [0.15, 0.2) is 0 Å². The number of sulfonamides is 1. The molecule has 2 aromatic carbocycles. The fourth-order valence-corrected chi connectivity index (χ4v) is 3.33. The number of halogens is 1. The molecular formula is C13H13BrN2O2S. The topological polar surface area (TPSA) is 72.2 Å². The standard InChI is InChI=1S/C13H13BrN2O2S/c14-12-8-10(9-15)6-7-13(12)16-19(17,18)11-4-2-1-3-5-11/h1-8,16H,9,15H2. The molecule has 0 fully saturated rings. The average molecular weight is 341 g/mol. The van der Waals surface area contributed by atoms with Gasteiger partial charge < -0.3 is 5.73 Å². The first kappa shape index (κ1) is 14.0. The van der Waals surface area contributed by atoms with Crippen molar-refractivity contribution in [3.8, 4) is 0 Å². The highest BCUT2D eigenvalue weighted by Crippen LogP contribution is 2.26. The molecular weight excluding hydrogens is 328 g/mol. The highest BCUT2D eigenvalue weighted by atomic mass is 79.9. The van der Waals surface area contributed by atoms with E-state index in [4.69, 9.17) is 5.73 Å². The zero-order valence-electron chi connectivity index (χ0n) is 10.0. The van der Waals surface area contributed by atoms with Crippen LogP contribution in [0.4, 0.5) is 5.69 Å². The van der Waals surface area contributed by atoms with E-state index in [2.05, 4.69) is 20.7 Å². The first-order valence-electron chi connectivity index (χ1n) is 5.59. The molecule has 0 amide bonds. The van der Waals surface area contributed by atoms with Crippen molar-refractivity contribution < 1.29 is 8.42 Å². The van der Waals surface area contributed by atoms with Crippen molar-refractivity contribution in [2.75, 3.05) is 4.72 Å². The summed E-state index contributed by atoms with van der Waals surface area (Å²) in [7, 11) is -3.57. The summed E-state index contributed by atoms with van der Waals surface area (Å²) in [6.45, 7) is 0.407. The van der Waals surface area contributed by atoms with E-state index in [0.717, 1.165) is 5.56 Å². The Morgan fingerprint density at radius 1 is 1.11 bits per heavy atom. The van der Waals surface area contributed by atoms with Crippen molar-refractivity contribution >= 4 is 31.6 Å². The molecule has 0 saturated carbocycles. The Labute approximate surface area is 120 Å². The van der Waals surface area contributed by atoms with Gasteiger partial charge in [-0.3, -0.25) is 4.72 Å². The molecule has 0 aliphatic rings. The van der Waals surface area contributed by atoms with E-state index in [-0.39, 0.29) is 4.90 Å². The normalized spacial score (nSPS) is 11.3. The Bertz CT molecular complexity index is 672. The van der Waals surface area contributed by atoms with Gasteiger partial charge in [0.1, 0.15) is 0 Å². The molecule has 0 unspecified atom stereocenters. The number of nitrogens with two attached hydrogens (primary N) is 1. The smallest absolute Gasteiger partial charge is 0.261 e. The maximum Gasteiger partial charge on any atom is 0.261 e. The Hall–Kier alpha value is -1.37. The lowest BCUT2D eigenvalue weighted by molar-refractivity contribution is 0.601. The zero-order valence-corrected chi connectivity index (χ0v) is 12.4. The molecule has 0 saturated heterocycles. The molecule has 0 radical (unpaired) electrons. The summed E-state index contributed by atoms with van der Waals surface area (Å²) in [6.07, 6.45) is 0. The largest absolute Gasteiger partial charge is 0.326 e. The molecule has 0 aromatic heterocycles. The van der Waals surface area contributed by atoms with Crippen LogP contribution < -0.4 is 10.5 Å². The summed E-state index contributed by atoms with van der Waals surface area (Å²) in [5, 5.41) is 0. The van der Waals surface area contributed by atoms with Crippen LogP contribution >= 0.6 is 15.9 Å². The summed E-state index contributed by atoms with van der Waals surface area (Å²) in [5.41, 5.74) is 6.94. The number of anilines is 1. The van der Waals surface area contributed by atoms with Gasteiger partial charge in [-0.05, 0) is 45.8 Å². The highest BCUT2D eigenvalue weighted by molar-refractivity contribution is 9.10. The van der Waals surface area contributed by atoms with Crippen LogP contribution in [0.3, 0.4) is 0 Å². The van der Waals surface area contributed by atoms with Crippen molar-refractivity contribution in [2.24, 2.45) is 5.73 Å². The third kappa shape index (κ3) is 3.34. The van der Waals surface area contributed by atoms with Crippen molar-refractivity contribution in [3.05, 3.63) is 58.6 Å². The van der Waals surface area contributed by atoms with Gasteiger partial charge >= 0.3 is 0 Å². The third-order valence-electron chi connectivity index (χ3n) is 2.57. The van der Waals surface area contributed by atoms with E-state index in [9.17, 15) is 8.42 Å². The minimum absolute atomic E-state index is 0.227. The average Bonchev–Trinajstić information content (AvgIpc) is 2.42. The van der Waals surface area contributed by atoms with Gasteiger partial charge in [0.25, 0.3) is 10.0 Å². The summed E-state index contributed by atoms with van der Waals surface area (Å²) < 4.78 is 27.5. The fourth-order valence-electron chi connectivity index (χ4n) is 1.57. The predicted octanol–water partition coefficient (Wildman–Crippen LogP) is 2.71. The first-order chi connectivity index (χ1) is 9.03. The number of benzene rings is 2. The minimum Gasteiger partial charge on any atom is -0.326 e. The Kier molecular flexibility index (Phi) is 4.24. The zero-order chi connectivity index (χ0) is 13.9. The third-order valence-corrected chi connectivity index (χ3v) is 4.60. The van der Waals surface area contributed by atoms with Crippen LogP contribution in [0, 0.1) is 0 Å². The van der Waals surface area contributed by atoms with Gasteiger partial charge in [-0.2, -0.15) is 0 Å². The predicted molar refractivity (Wildman–Crippen MR) is 79.3 cm³/mol. The summed E-state index contributed by atoms with van der Waals surface area (Å²) >= 11 is 3.33. The monoisotopic (exact) mass is 340 g/mol. The highest BCUT2D eigenvalue weighted by Gasteiger charge is 2.14. The van der Waals surface area contributed by atoms with Gasteiger partial charge in [-0.15, -0.1) is 0 Å². The van der Waals surface area contributed by atoms with Crippen LogP contribution in [-0.2, 0) is 16.6 Å². The van der Waals surface area contributed by atoms with Crippen LogP contribution in [0.2, 0.25) is 0 Å². The second-order valence-corrected chi connectivity index (χ2v) is 6.47. The molecule has 0 aliphatic heterocycles. The minimum atomic E-state index is -3.57. The first-order valence-corrected chi connectivity index (χ1v) is 7.87. The molecule has 3 N–H and O–H groups in total. The van der Waals surface area contributed by atoms with E-state index in [1.54, 1.807) is 48.5 Å². The van der Waals surface area contributed by atoms with Gasteiger partial charge in [-0.1, -0.05) is 24.3 Å². The molecule has 19 heavy (non-hydrogen) atoms. The van der Waals surface area contributed by atoms with Crippen molar-refractivity contribution in [1.82, 2.24) is 0 Å². The number of rotatable bonds is 4. The number of nitrogens with one attached hydrogen (secondary N) is 1. The van der Waals surface area contributed by atoms with E-state index in [0.29, 0.717) is 16.7 Å². The van der Waals surface area contributed by atoms with E-state index < -0.39 is 10.0 Å². The lowest BCUT2D eigenvalue weighted by Gasteiger charge is -2.10. The molecule has 0 atom stereocenters. The summed E-state index contributed by atoms with van der Waals surface area (Å²) in [6, 6.07) is 13.5. The van der Waals surface area contributed by atoms with Crippen LogP contribution in [-0.4, -0.2) is 8.42 Å².